The molecule has 0 saturated carbocycles. The molecule has 20 heavy (non-hydrogen) atoms. The summed E-state index contributed by atoms with van der Waals surface area (Å²) in [7, 11) is 3.53. The van der Waals surface area contributed by atoms with Gasteiger partial charge >= 0.3 is 0 Å². The smallest absolute Gasteiger partial charge is 0.240 e. The van der Waals surface area contributed by atoms with Crippen LogP contribution in [0, 0.1) is 0 Å². The molecule has 7 heteroatoms. The quantitative estimate of drug-likeness (QED) is 0.636. The molecule has 0 saturated heterocycles. The summed E-state index contributed by atoms with van der Waals surface area (Å²) in [5, 5.41) is 0. The predicted molar refractivity (Wildman–Crippen MR) is 77.0 cm³/mol. The van der Waals surface area contributed by atoms with Crippen molar-refractivity contribution in [3.63, 3.8) is 0 Å². The van der Waals surface area contributed by atoms with Crippen LogP contribution in [0.4, 0.5) is 0 Å². The molecule has 0 atom stereocenters. The Hall–Kier alpha value is -1.31. The topological polar surface area (TPSA) is 69.1 Å². The monoisotopic (exact) mass is 303 g/mol. The molecule has 114 valence electrons. The number of benzene rings is 1. The number of sulfonamides is 1. The molecule has 0 aliphatic rings. The highest BCUT2D eigenvalue weighted by Crippen LogP contribution is 2.29. The molecular weight excluding hydrogens is 280 g/mol. The largest absolute Gasteiger partial charge is 0.493 e. The SMILES string of the molecule is COc1ccc(S(=O)(=O)NCCC[NH+](C)C)cc1OC. The summed E-state index contributed by atoms with van der Waals surface area (Å²) in [6, 6.07) is 4.54. The molecule has 0 amide bonds. The third kappa shape index (κ3) is 4.66. The van der Waals surface area contributed by atoms with E-state index in [0.717, 1.165) is 13.0 Å². The van der Waals surface area contributed by atoms with Crippen LogP contribution in [-0.4, -0.2) is 49.8 Å². The van der Waals surface area contributed by atoms with Crippen molar-refractivity contribution in [2.24, 2.45) is 0 Å². The van der Waals surface area contributed by atoms with Crippen LogP contribution in [0.3, 0.4) is 0 Å². The van der Waals surface area contributed by atoms with E-state index in [-0.39, 0.29) is 4.90 Å². The van der Waals surface area contributed by atoms with E-state index < -0.39 is 10.0 Å². The lowest BCUT2D eigenvalue weighted by Gasteiger charge is -2.11. The summed E-state index contributed by atoms with van der Waals surface area (Å²) < 4.78 is 37.0. The fourth-order valence-electron chi connectivity index (χ4n) is 1.72. The Morgan fingerprint density at radius 3 is 2.35 bits per heavy atom. The number of nitrogens with one attached hydrogen (secondary N) is 2. The van der Waals surface area contributed by atoms with E-state index in [2.05, 4.69) is 4.72 Å². The number of hydrogen-bond acceptors (Lipinski definition) is 4. The van der Waals surface area contributed by atoms with Gasteiger partial charge in [-0.15, -0.1) is 0 Å². The van der Waals surface area contributed by atoms with E-state index in [1.165, 1.54) is 31.3 Å². The zero-order valence-corrected chi connectivity index (χ0v) is 13.2. The maximum absolute atomic E-state index is 12.1. The second kappa shape index (κ2) is 7.47. The molecule has 0 radical (unpaired) electrons. The van der Waals surface area contributed by atoms with Crippen molar-refractivity contribution in [3.05, 3.63) is 18.2 Å². The zero-order valence-electron chi connectivity index (χ0n) is 12.4. The summed E-state index contributed by atoms with van der Waals surface area (Å²) >= 11 is 0. The van der Waals surface area contributed by atoms with Gasteiger partial charge in [0.2, 0.25) is 10.0 Å². The van der Waals surface area contributed by atoms with Crippen molar-refractivity contribution < 1.29 is 22.8 Å². The molecule has 0 bridgehead atoms. The van der Waals surface area contributed by atoms with Crippen LogP contribution in [0.25, 0.3) is 0 Å². The second-order valence-corrected chi connectivity index (χ2v) is 6.49. The van der Waals surface area contributed by atoms with Gasteiger partial charge < -0.3 is 14.4 Å². The first kappa shape index (κ1) is 16.7. The molecule has 0 unspecified atom stereocenters. The Morgan fingerprint density at radius 1 is 1.15 bits per heavy atom. The molecule has 0 aliphatic carbocycles. The fourth-order valence-corrected chi connectivity index (χ4v) is 2.80. The molecule has 1 aromatic carbocycles. The molecule has 6 nitrogen and oxygen atoms in total. The van der Waals surface area contributed by atoms with Gasteiger partial charge in [-0.25, -0.2) is 13.1 Å². The summed E-state index contributed by atoms with van der Waals surface area (Å²) in [6.45, 7) is 1.33. The normalized spacial score (nSPS) is 11.7. The molecule has 0 spiro atoms. The Balaban J connectivity index is 2.77. The van der Waals surface area contributed by atoms with Gasteiger partial charge in [0.25, 0.3) is 0 Å². The van der Waals surface area contributed by atoms with Crippen molar-refractivity contribution in [1.29, 1.82) is 0 Å². The van der Waals surface area contributed by atoms with Crippen molar-refractivity contribution in [2.75, 3.05) is 41.4 Å². The minimum absolute atomic E-state index is 0.173. The number of quaternary nitrogens is 1. The lowest BCUT2D eigenvalue weighted by Crippen LogP contribution is -3.05. The highest BCUT2D eigenvalue weighted by molar-refractivity contribution is 7.89. The molecule has 0 heterocycles. The van der Waals surface area contributed by atoms with Crippen LogP contribution in [0.15, 0.2) is 23.1 Å². The van der Waals surface area contributed by atoms with Crippen molar-refractivity contribution >= 4 is 10.0 Å². The second-order valence-electron chi connectivity index (χ2n) is 4.73. The van der Waals surface area contributed by atoms with E-state index >= 15 is 0 Å². The number of methoxy groups -OCH3 is 2. The lowest BCUT2D eigenvalue weighted by atomic mass is 10.3. The maximum Gasteiger partial charge on any atom is 0.240 e. The Morgan fingerprint density at radius 2 is 1.80 bits per heavy atom. The first-order chi connectivity index (χ1) is 9.40. The molecule has 0 aliphatic heterocycles. The Kier molecular flexibility index (Phi) is 6.25. The van der Waals surface area contributed by atoms with Gasteiger partial charge in [0.05, 0.1) is 39.8 Å². The van der Waals surface area contributed by atoms with E-state index in [1.54, 1.807) is 6.07 Å². The molecule has 0 aromatic heterocycles. The third-order valence-electron chi connectivity index (χ3n) is 2.81. The molecule has 1 aromatic rings. The first-order valence-corrected chi connectivity index (χ1v) is 7.89. The lowest BCUT2D eigenvalue weighted by molar-refractivity contribution is -0.858. The number of ether oxygens (including phenoxy) is 2. The van der Waals surface area contributed by atoms with Crippen molar-refractivity contribution in [2.45, 2.75) is 11.3 Å². The van der Waals surface area contributed by atoms with Crippen LogP contribution in [0.1, 0.15) is 6.42 Å². The van der Waals surface area contributed by atoms with Gasteiger partial charge in [-0.2, -0.15) is 0 Å². The Labute approximate surface area is 120 Å². The van der Waals surface area contributed by atoms with Crippen molar-refractivity contribution in [3.8, 4) is 11.5 Å². The van der Waals surface area contributed by atoms with Gasteiger partial charge in [-0.1, -0.05) is 0 Å². The third-order valence-corrected chi connectivity index (χ3v) is 4.27. The zero-order chi connectivity index (χ0) is 15.2. The standard InChI is InChI=1S/C13H22N2O4S/c1-15(2)9-5-8-14-20(16,17)11-6-7-12(18-3)13(10-11)19-4/h6-7,10,14H,5,8-9H2,1-4H3/p+1. The summed E-state index contributed by atoms with van der Waals surface area (Å²) in [5.74, 6) is 0.899. The van der Waals surface area contributed by atoms with Gasteiger partial charge in [0, 0.05) is 19.0 Å². The average molecular weight is 303 g/mol. The number of hydrogen-bond donors (Lipinski definition) is 2. The van der Waals surface area contributed by atoms with E-state index in [0.29, 0.717) is 18.0 Å². The fraction of sp³-hybridized carbons (Fsp3) is 0.538. The molecule has 2 N–H and O–H groups in total. The molecule has 0 fully saturated rings. The average Bonchev–Trinajstić information content (AvgIpc) is 2.42. The van der Waals surface area contributed by atoms with E-state index in [9.17, 15) is 8.42 Å². The van der Waals surface area contributed by atoms with E-state index in [1.807, 2.05) is 14.1 Å². The van der Waals surface area contributed by atoms with Crippen LogP contribution in [0.2, 0.25) is 0 Å². The van der Waals surface area contributed by atoms with Crippen LogP contribution in [0.5, 0.6) is 11.5 Å². The van der Waals surface area contributed by atoms with E-state index in [4.69, 9.17) is 9.47 Å². The summed E-state index contributed by atoms with van der Waals surface area (Å²) in [5.41, 5.74) is 0. The molecule has 1 rings (SSSR count). The van der Waals surface area contributed by atoms with Gasteiger partial charge in [-0.3, -0.25) is 0 Å². The Bertz CT molecular complexity index is 529. The minimum Gasteiger partial charge on any atom is -0.493 e. The van der Waals surface area contributed by atoms with Crippen LogP contribution >= 0.6 is 0 Å². The van der Waals surface area contributed by atoms with Gasteiger partial charge in [0.1, 0.15) is 0 Å². The minimum atomic E-state index is -3.51. The first-order valence-electron chi connectivity index (χ1n) is 6.41. The number of rotatable bonds is 8. The maximum atomic E-state index is 12.1. The molecular formula is C13H23N2O4S+. The van der Waals surface area contributed by atoms with Gasteiger partial charge in [0.15, 0.2) is 11.5 Å². The van der Waals surface area contributed by atoms with Crippen molar-refractivity contribution in [1.82, 2.24) is 4.72 Å². The van der Waals surface area contributed by atoms with Gasteiger partial charge in [-0.05, 0) is 12.1 Å². The highest BCUT2D eigenvalue weighted by Gasteiger charge is 2.16. The summed E-state index contributed by atoms with van der Waals surface area (Å²) in [4.78, 5) is 1.46. The van der Waals surface area contributed by atoms with Crippen LogP contribution in [-0.2, 0) is 10.0 Å². The summed E-state index contributed by atoms with van der Waals surface area (Å²) in [6.07, 6.45) is 0.787. The highest BCUT2D eigenvalue weighted by atomic mass is 32.2. The van der Waals surface area contributed by atoms with Crippen LogP contribution < -0.4 is 19.1 Å². The predicted octanol–water partition coefficient (Wildman–Crippen LogP) is -0.483.